The number of nitrogens with one attached hydrogen (secondary N) is 1. The van der Waals surface area contributed by atoms with Crippen molar-refractivity contribution in [3.63, 3.8) is 0 Å². The molecule has 3 rings (SSSR count). The van der Waals surface area contributed by atoms with Gasteiger partial charge in [0.05, 0.1) is 10.6 Å². The van der Waals surface area contributed by atoms with E-state index in [0.29, 0.717) is 17.2 Å². The summed E-state index contributed by atoms with van der Waals surface area (Å²) < 4.78 is 27.9. The first-order valence-corrected chi connectivity index (χ1v) is 10.1. The van der Waals surface area contributed by atoms with Gasteiger partial charge in [-0.15, -0.1) is 11.8 Å². The maximum Gasteiger partial charge on any atom is 0.213 e. The lowest BCUT2D eigenvalue weighted by atomic mass is 10.3. The number of aromatic nitrogens is 3. The largest absolute Gasteiger partial charge is 0.314 e. The lowest BCUT2D eigenvalue weighted by Crippen LogP contribution is -2.12. The minimum Gasteiger partial charge on any atom is -0.314 e. The van der Waals surface area contributed by atoms with Crippen molar-refractivity contribution in [2.45, 2.75) is 28.3 Å². The van der Waals surface area contributed by atoms with Crippen molar-refractivity contribution < 1.29 is 8.42 Å². The van der Waals surface area contributed by atoms with Gasteiger partial charge in [-0.2, -0.15) is 5.10 Å². The van der Waals surface area contributed by atoms with Gasteiger partial charge < -0.3 is 5.32 Å². The molecule has 6 nitrogen and oxygen atoms in total. The molecule has 0 spiro atoms. The van der Waals surface area contributed by atoms with Crippen LogP contribution < -0.4 is 5.32 Å². The Morgan fingerprint density at radius 2 is 1.96 bits per heavy atom. The third-order valence-electron chi connectivity index (χ3n) is 3.59. The van der Waals surface area contributed by atoms with Crippen LogP contribution in [-0.2, 0) is 16.4 Å². The molecular formula is C16H18N4O2S2. The molecule has 0 unspecified atom stereocenters. The average Bonchev–Trinajstić information content (AvgIpc) is 2.95. The molecule has 0 fully saturated rings. The lowest BCUT2D eigenvalue weighted by molar-refractivity contribution is 0.594. The minimum atomic E-state index is -3.70. The zero-order valence-corrected chi connectivity index (χ0v) is 15.3. The van der Waals surface area contributed by atoms with Crippen LogP contribution in [-0.4, -0.2) is 36.3 Å². The van der Waals surface area contributed by atoms with Crippen LogP contribution in [0.15, 0.2) is 51.2 Å². The van der Waals surface area contributed by atoms with Crippen LogP contribution in [0.2, 0.25) is 0 Å². The smallest absolute Gasteiger partial charge is 0.213 e. The van der Waals surface area contributed by atoms with E-state index in [2.05, 4.69) is 15.4 Å². The maximum atomic E-state index is 13.1. The van der Waals surface area contributed by atoms with Gasteiger partial charge in [0.2, 0.25) is 9.84 Å². The zero-order valence-electron chi connectivity index (χ0n) is 13.6. The Balaban J connectivity index is 2.35. The normalized spacial score (nSPS) is 12.0. The number of hydrogen-bond donors (Lipinski definition) is 1. The average molecular weight is 362 g/mol. The van der Waals surface area contributed by atoms with Crippen molar-refractivity contribution in [2.75, 3.05) is 13.3 Å². The Labute approximate surface area is 145 Å². The van der Waals surface area contributed by atoms with Crippen molar-refractivity contribution in [2.24, 2.45) is 0 Å². The summed E-state index contributed by atoms with van der Waals surface area (Å²) in [6.07, 6.45) is 1.82. The number of rotatable bonds is 5. The topological polar surface area (TPSA) is 76.4 Å². The predicted molar refractivity (Wildman–Crippen MR) is 94.2 cm³/mol. The molecule has 126 valence electrons. The Morgan fingerprint density at radius 1 is 1.25 bits per heavy atom. The highest BCUT2D eigenvalue weighted by Gasteiger charge is 2.29. The highest BCUT2D eigenvalue weighted by Crippen LogP contribution is 2.32. The van der Waals surface area contributed by atoms with Crippen LogP contribution in [0.5, 0.6) is 0 Å². The van der Waals surface area contributed by atoms with Crippen LogP contribution >= 0.6 is 11.8 Å². The second-order valence-corrected chi connectivity index (χ2v) is 7.99. The van der Waals surface area contributed by atoms with Crippen molar-refractivity contribution in [3.05, 3.63) is 47.8 Å². The molecule has 2 aromatic heterocycles. The molecule has 3 aromatic rings. The van der Waals surface area contributed by atoms with E-state index in [1.165, 1.54) is 11.8 Å². The first kappa shape index (κ1) is 16.9. The molecule has 0 bridgehead atoms. The van der Waals surface area contributed by atoms with Crippen molar-refractivity contribution >= 4 is 27.2 Å². The SMILES string of the molecule is CNCc1cc(C)nc2c(S(=O)(=O)c3ccccc3)c(SC)nn12. The van der Waals surface area contributed by atoms with E-state index in [1.807, 2.05) is 26.3 Å². The van der Waals surface area contributed by atoms with Crippen LogP contribution in [0.25, 0.3) is 5.65 Å². The second-order valence-electron chi connectivity index (χ2n) is 5.31. The summed E-state index contributed by atoms with van der Waals surface area (Å²) in [5.41, 5.74) is 1.99. The first-order chi connectivity index (χ1) is 11.5. The molecule has 0 aliphatic carbocycles. The fourth-order valence-electron chi connectivity index (χ4n) is 2.57. The fourth-order valence-corrected chi connectivity index (χ4v) is 4.98. The van der Waals surface area contributed by atoms with Crippen LogP contribution in [0.1, 0.15) is 11.4 Å². The maximum absolute atomic E-state index is 13.1. The third-order valence-corrected chi connectivity index (χ3v) is 6.20. The minimum absolute atomic E-state index is 0.169. The molecule has 1 aromatic carbocycles. The van der Waals surface area contributed by atoms with Gasteiger partial charge >= 0.3 is 0 Å². The van der Waals surface area contributed by atoms with Gasteiger partial charge in [-0.25, -0.2) is 17.9 Å². The molecule has 8 heteroatoms. The van der Waals surface area contributed by atoms with Gasteiger partial charge in [-0.3, -0.25) is 0 Å². The van der Waals surface area contributed by atoms with Gasteiger partial charge in [-0.05, 0) is 38.4 Å². The monoisotopic (exact) mass is 362 g/mol. The highest BCUT2D eigenvalue weighted by molar-refractivity contribution is 7.99. The number of benzene rings is 1. The van der Waals surface area contributed by atoms with Crippen molar-refractivity contribution in [1.82, 2.24) is 19.9 Å². The number of nitrogens with zero attached hydrogens (tertiary/aromatic N) is 3. The van der Waals surface area contributed by atoms with E-state index >= 15 is 0 Å². The number of thioether (sulfide) groups is 1. The van der Waals surface area contributed by atoms with E-state index < -0.39 is 9.84 Å². The van der Waals surface area contributed by atoms with E-state index in [4.69, 9.17) is 0 Å². The predicted octanol–water partition coefficient (Wildman–Crippen LogP) is 2.31. The molecule has 0 aliphatic rings. The van der Waals surface area contributed by atoms with Gasteiger partial charge in [0, 0.05) is 12.2 Å². The van der Waals surface area contributed by atoms with Gasteiger partial charge in [0.25, 0.3) is 0 Å². The van der Waals surface area contributed by atoms with Crippen molar-refractivity contribution in [1.29, 1.82) is 0 Å². The molecule has 0 saturated carbocycles. The van der Waals surface area contributed by atoms with Crippen LogP contribution in [0.4, 0.5) is 0 Å². The molecular weight excluding hydrogens is 344 g/mol. The Bertz CT molecular complexity index is 982. The summed E-state index contributed by atoms with van der Waals surface area (Å²) in [5, 5.41) is 8.01. The molecule has 0 atom stereocenters. The Morgan fingerprint density at radius 3 is 2.58 bits per heavy atom. The summed E-state index contributed by atoms with van der Waals surface area (Å²) in [7, 11) is -1.87. The van der Waals surface area contributed by atoms with Crippen molar-refractivity contribution in [3.8, 4) is 0 Å². The number of hydrogen-bond acceptors (Lipinski definition) is 6. The van der Waals surface area contributed by atoms with E-state index in [9.17, 15) is 8.42 Å². The third kappa shape index (κ3) is 2.81. The molecule has 0 amide bonds. The summed E-state index contributed by atoms with van der Waals surface area (Å²) in [6.45, 7) is 2.42. The van der Waals surface area contributed by atoms with Crippen LogP contribution in [0, 0.1) is 6.92 Å². The quantitative estimate of drug-likeness (QED) is 0.702. The molecule has 1 N–H and O–H groups in total. The van der Waals surface area contributed by atoms with E-state index in [0.717, 1.165) is 11.4 Å². The Hall–Kier alpha value is -1.90. The fraction of sp³-hybridized carbons (Fsp3) is 0.250. The summed E-state index contributed by atoms with van der Waals surface area (Å²) in [4.78, 5) is 4.87. The number of sulfone groups is 1. The summed E-state index contributed by atoms with van der Waals surface area (Å²) in [6, 6.07) is 10.3. The molecule has 0 radical (unpaired) electrons. The van der Waals surface area contributed by atoms with Gasteiger partial charge in [0.1, 0.15) is 5.03 Å². The molecule has 0 saturated heterocycles. The summed E-state index contributed by atoms with van der Waals surface area (Å²) >= 11 is 1.30. The molecule has 0 aliphatic heterocycles. The standard InChI is InChI=1S/C16H18N4O2S2/c1-11-9-12(10-17-2)20-15(18-11)14(16(19-20)23-3)24(21,22)13-7-5-4-6-8-13/h4-9,17H,10H2,1-3H3. The molecule has 2 heterocycles. The van der Waals surface area contributed by atoms with E-state index in [1.54, 1.807) is 34.8 Å². The lowest BCUT2D eigenvalue weighted by Gasteiger charge is -2.07. The van der Waals surface area contributed by atoms with Gasteiger partial charge in [-0.1, -0.05) is 18.2 Å². The number of fused-ring (bicyclic) bond motifs is 1. The Kier molecular flexibility index (Phi) is 4.62. The summed E-state index contributed by atoms with van der Waals surface area (Å²) in [5.74, 6) is 0. The van der Waals surface area contributed by atoms with Crippen LogP contribution in [0.3, 0.4) is 0 Å². The number of aryl methyl sites for hydroxylation is 1. The highest BCUT2D eigenvalue weighted by atomic mass is 32.2. The zero-order chi connectivity index (χ0) is 17.3. The first-order valence-electron chi connectivity index (χ1n) is 7.37. The van der Waals surface area contributed by atoms with E-state index in [-0.39, 0.29) is 9.79 Å². The second kappa shape index (κ2) is 6.54. The molecule has 24 heavy (non-hydrogen) atoms. The van der Waals surface area contributed by atoms with Gasteiger partial charge in [0.15, 0.2) is 10.5 Å².